The second-order valence-corrected chi connectivity index (χ2v) is 7.49. The van der Waals surface area contributed by atoms with Crippen molar-refractivity contribution in [3.05, 3.63) is 59.8 Å². The van der Waals surface area contributed by atoms with Crippen molar-refractivity contribution in [2.24, 2.45) is 0 Å². The first-order valence-electron chi connectivity index (χ1n) is 9.86. The number of benzene rings is 1. The molecule has 1 fully saturated rings. The van der Waals surface area contributed by atoms with Crippen LogP contribution in [0.2, 0.25) is 0 Å². The van der Waals surface area contributed by atoms with Crippen LogP contribution in [0.15, 0.2) is 54.2 Å². The van der Waals surface area contributed by atoms with E-state index >= 15 is 0 Å². The van der Waals surface area contributed by atoms with Crippen LogP contribution in [-0.4, -0.2) is 47.3 Å². The van der Waals surface area contributed by atoms with E-state index in [2.05, 4.69) is 35.2 Å². The molecule has 0 bridgehead atoms. The molecule has 0 unspecified atom stereocenters. The molecule has 1 N–H and O–H groups in total. The molecule has 0 radical (unpaired) electrons. The summed E-state index contributed by atoms with van der Waals surface area (Å²) in [7, 11) is 1.55. The van der Waals surface area contributed by atoms with Crippen LogP contribution in [0.5, 0.6) is 0 Å². The zero-order valence-electron chi connectivity index (χ0n) is 17.0. The number of rotatable bonds is 7. The van der Waals surface area contributed by atoms with Crippen molar-refractivity contribution in [2.45, 2.75) is 38.8 Å². The van der Waals surface area contributed by atoms with Crippen LogP contribution in [0, 0.1) is 0 Å². The zero-order chi connectivity index (χ0) is 19.9. The number of hydrogen-bond acceptors (Lipinski definition) is 4. The number of aromatic nitrogens is 2. The smallest absolute Gasteiger partial charge is 0.259 e. The molecule has 28 heavy (non-hydrogen) atoms. The first-order chi connectivity index (χ1) is 13.6. The lowest BCUT2D eigenvalue weighted by Gasteiger charge is -2.32. The molecule has 1 aliphatic heterocycles. The van der Waals surface area contributed by atoms with E-state index in [9.17, 15) is 4.79 Å². The molecular weight excluding hydrogens is 352 g/mol. The fourth-order valence-electron chi connectivity index (χ4n) is 3.58. The molecule has 0 saturated carbocycles. The Kier molecular flexibility index (Phi) is 7.01. The minimum atomic E-state index is -0.643. The quantitative estimate of drug-likeness (QED) is 0.740. The van der Waals surface area contributed by atoms with E-state index in [0.29, 0.717) is 6.04 Å². The standard InChI is InChI=1S/C22H30N4O2/c1-17(2)10-14-25-15-11-19(12-16-25)26-20(9-13-23-26)24-22(27)21(28-3)18-7-5-4-6-8-18/h4-10,13,19,21H,11-12,14-16H2,1-3H3,(H,24,27)/t21-/m0/s1. The third-order valence-corrected chi connectivity index (χ3v) is 5.16. The minimum absolute atomic E-state index is 0.184. The van der Waals surface area contributed by atoms with E-state index in [1.165, 1.54) is 5.57 Å². The molecule has 2 heterocycles. The van der Waals surface area contributed by atoms with E-state index in [1.807, 2.05) is 41.1 Å². The molecule has 6 heteroatoms. The van der Waals surface area contributed by atoms with Gasteiger partial charge in [0.2, 0.25) is 0 Å². The number of nitrogens with one attached hydrogen (secondary N) is 1. The van der Waals surface area contributed by atoms with Crippen molar-refractivity contribution >= 4 is 11.7 Å². The largest absolute Gasteiger partial charge is 0.367 e. The van der Waals surface area contributed by atoms with Gasteiger partial charge in [0.25, 0.3) is 5.91 Å². The highest BCUT2D eigenvalue weighted by Gasteiger charge is 2.25. The van der Waals surface area contributed by atoms with Gasteiger partial charge in [-0.25, -0.2) is 4.68 Å². The monoisotopic (exact) mass is 382 g/mol. The summed E-state index contributed by atoms with van der Waals surface area (Å²) in [5.41, 5.74) is 2.19. The van der Waals surface area contributed by atoms with E-state index in [0.717, 1.165) is 43.9 Å². The molecule has 0 spiro atoms. The van der Waals surface area contributed by atoms with Crippen LogP contribution in [0.1, 0.15) is 44.4 Å². The van der Waals surface area contributed by atoms with Crippen molar-refractivity contribution in [3.8, 4) is 0 Å². The van der Waals surface area contributed by atoms with Crippen LogP contribution in [0.4, 0.5) is 5.82 Å². The Labute approximate surface area is 167 Å². The predicted octanol–water partition coefficient (Wildman–Crippen LogP) is 3.81. The number of likely N-dealkylation sites (tertiary alicyclic amines) is 1. The maximum atomic E-state index is 12.8. The fraction of sp³-hybridized carbons (Fsp3) is 0.455. The van der Waals surface area contributed by atoms with Crippen molar-refractivity contribution in [2.75, 3.05) is 32.1 Å². The number of carbonyl (C=O) groups is 1. The number of hydrogen-bond donors (Lipinski definition) is 1. The van der Waals surface area contributed by atoms with Gasteiger partial charge < -0.3 is 10.1 Å². The lowest BCUT2D eigenvalue weighted by Crippen LogP contribution is -2.35. The summed E-state index contributed by atoms with van der Waals surface area (Å²) in [6.07, 6.45) is 5.42. The molecule has 1 saturated heterocycles. The van der Waals surface area contributed by atoms with Crippen LogP contribution >= 0.6 is 0 Å². The van der Waals surface area contributed by atoms with Gasteiger partial charge in [0.05, 0.1) is 12.2 Å². The fourth-order valence-corrected chi connectivity index (χ4v) is 3.58. The molecule has 1 aromatic heterocycles. The SMILES string of the molecule is CO[C@H](C(=O)Nc1ccnn1C1CCN(CC=C(C)C)CC1)c1ccccc1. The average molecular weight is 383 g/mol. The second kappa shape index (κ2) is 9.66. The number of nitrogens with zero attached hydrogens (tertiary/aromatic N) is 3. The summed E-state index contributed by atoms with van der Waals surface area (Å²) in [5, 5.41) is 7.48. The van der Waals surface area contributed by atoms with Crippen molar-refractivity contribution < 1.29 is 9.53 Å². The first kappa shape index (κ1) is 20.3. The van der Waals surface area contributed by atoms with Gasteiger partial charge in [-0.3, -0.25) is 9.69 Å². The summed E-state index contributed by atoms with van der Waals surface area (Å²) in [5.74, 6) is 0.544. The van der Waals surface area contributed by atoms with E-state index in [1.54, 1.807) is 13.3 Å². The Balaban J connectivity index is 1.63. The Morgan fingerprint density at radius 2 is 1.96 bits per heavy atom. The Morgan fingerprint density at radius 3 is 2.61 bits per heavy atom. The predicted molar refractivity (Wildman–Crippen MR) is 111 cm³/mol. The maximum absolute atomic E-state index is 12.8. The first-order valence-corrected chi connectivity index (χ1v) is 9.86. The molecule has 6 nitrogen and oxygen atoms in total. The Hall–Kier alpha value is -2.44. The lowest BCUT2D eigenvalue weighted by molar-refractivity contribution is -0.126. The summed E-state index contributed by atoms with van der Waals surface area (Å²) in [6.45, 7) is 7.34. The molecule has 3 rings (SSSR count). The maximum Gasteiger partial charge on any atom is 0.259 e. The van der Waals surface area contributed by atoms with Gasteiger partial charge in [0.15, 0.2) is 6.10 Å². The highest BCUT2D eigenvalue weighted by molar-refractivity contribution is 5.94. The van der Waals surface area contributed by atoms with Crippen LogP contribution in [0.3, 0.4) is 0 Å². The van der Waals surface area contributed by atoms with Crippen LogP contribution in [-0.2, 0) is 9.53 Å². The zero-order valence-corrected chi connectivity index (χ0v) is 17.0. The molecule has 1 atom stereocenters. The van der Waals surface area contributed by atoms with E-state index < -0.39 is 6.10 Å². The molecule has 0 aliphatic carbocycles. The lowest BCUT2D eigenvalue weighted by atomic mass is 10.1. The van der Waals surface area contributed by atoms with E-state index in [4.69, 9.17) is 4.74 Å². The number of carbonyl (C=O) groups excluding carboxylic acids is 1. The van der Waals surface area contributed by atoms with Gasteiger partial charge in [-0.05, 0) is 32.3 Å². The number of ether oxygens (including phenoxy) is 1. The minimum Gasteiger partial charge on any atom is -0.367 e. The van der Waals surface area contributed by atoms with Crippen LogP contribution < -0.4 is 5.32 Å². The van der Waals surface area contributed by atoms with Gasteiger partial charge in [-0.2, -0.15) is 5.10 Å². The van der Waals surface area contributed by atoms with Gasteiger partial charge in [-0.1, -0.05) is 42.0 Å². The molecule has 150 valence electrons. The Morgan fingerprint density at radius 1 is 1.25 bits per heavy atom. The summed E-state index contributed by atoms with van der Waals surface area (Å²) in [6, 6.07) is 11.7. The Bertz CT molecular complexity index is 788. The number of piperidine rings is 1. The topological polar surface area (TPSA) is 59.4 Å². The second-order valence-electron chi connectivity index (χ2n) is 7.49. The highest BCUT2D eigenvalue weighted by atomic mass is 16.5. The number of allylic oxidation sites excluding steroid dienone is 1. The van der Waals surface area contributed by atoms with Gasteiger partial charge in [0.1, 0.15) is 5.82 Å². The summed E-state index contributed by atoms with van der Waals surface area (Å²) in [4.78, 5) is 15.2. The van der Waals surface area contributed by atoms with E-state index in [-0.39, 0.29) is 5.91 Å². The van der Waals surface area contributed by atoms with Crippen molar-refractivity contribution in [1.82, 2.24) is 14.7 Å². The average Bonchev–Trinajstić information content (AvgIpc) is 3.16. The molecule has 1 aliphatic rings. The normalized spacial score (nSPS) is 16.5. The molecule has 2 aromatic rings. The van der Waals surface area contributed by atoms with Crippen LogP contribution in [0.25, 0.3) is 0 Å². The number of anilines is 1. The highest BCUT2D eigenvalue weighted by Crippen LogP contribution is 2.26. The van der Waals surface area contributed by atoms with Gasteiger partial charge in [0, 0.05) is 32.8 Å². The summed E-state index contributed by atoms with van der Waals surface area (Å²) < 4.78 is 7.39. The van der Waals surface area contributed by atoms with Gasteiger partial charge in [-0.15, -0.1) is 0 Å². The third-order valence-electron chi connectivity index (χ3n) is 5.16. The van der Waals surface area contributed by atoms with Crippen molar-refractivity contribution in [3.63, 3.8) is 0 Å². The summed E-state index contributed by atoms with van der Waals surface area (Å²) >= 11 is 0. The van der Waals surface area contributed by atoms with Crippen molar-refractivity contribution in [1.29, 1.82) is 0 Å². The number of methoxy groups -OCH3 is 1. The third kappa shape index (κ3) is 5.09. The molecular formula is C22H30N4O2. The molecule has 1 aromatic carbocycles. The number of amides is 1. The van der Waals surface area contributed by atoms with Gasteiger partial charge >= 0.3 is 0 Å². The molecule has 1 amide bonds.